The van der Waals surface area contributed by atoms with E-state index in [9.17, 15) is 9.59 Å². The first kappa shape index (κ1) is 31.3. The predicted octanol–water partition coefficient (Wildman–Crippen LogP) is 8.93. The molecule has 0 radical (unpaired) electrons. The first-order chi connectivity index (χ1) is 21.6. The number of carbonyl (C=O) groups excluding carboxylic acids is 2. The van der Waals surface area contributed by atoms with Crippen LogP contribution in [0.2, 0.25) is 0 Å². The van der Waals surface area contributed by atoms with E-state index in [4.69, 9.17) is 9.47 Å². The number of rotatable bonds is 6. The van der Waals surface area contributed by atoms with Crippen molar-refractivity contribution in [2.75, 3.05) is 24.9 Å². The highest BCUT2D eigenvalue weighted by molar-refractivity contribution is 6.35. The first-order valence-electron chi connectivity index (χ1n) is 15.2. The monoisotopic (exact) mass is 600 g/mol. The average Bonchev–Trinajstić information content (AvgIpc) is 3.52. The van der Waals surface area contributed by atoms with Crippen molar-refractivity contribution in [2.24, 2.45) is 0 Å². The van der Waals surface area contributed by atoms with Gasteiger partial charge in [-0.15, -0.1) is 0 Å². The van der Waals surface area contributed by atoms with Crippen molar-refractivity contribution < 1.29 is 19.1 Å². The minimum absolute atomic E-state index is 0.0486. The van der Waals surface area contributed by atoms with Gasteiger partial charge in [-0.05, 0) is 95.1 Å². The summed E-state index contributed by atoms with van der Waals surface area (Å²) in [5.41, 5.74) is 10.5. The van der Waals surface area contributed by atoms with Gasteiger partial charge in [-0.2, -0.15) is 0 Å². The second kappa shape index (κ2) is 13.3. The third-order valence-corrected chi connectivity index (χ3v) is 8.15. The second-order valence-electron chi connectivity index (χ2n) is 11.9. The zero-order valence-corrected chi connectivity index (χ0v) is 26.9. The smallest absolute Gasteiger partial charge is 0.256 e. The third-order valence-electron chi connectivity index (χ3n) is 8.15. The van der Waals surface area contributed by atoms with Gasteiger partial charge in [-0.25, -0.2) is 0 Å². The standard InChI is InChI=1S/C20H21NO2.C19H19NO2/c1-12(2)16-10-14(13(3)9-19(16)23-4)11-17-15-7-5-6-8-18(15)21-20(17)22;1-12(2)15-10-13(8-9-18(15)22-3)11-16-14-6-4-5-7-17(14)20-19(16)21/h5-12H,1-4H3,(H,21,22);4-12H,1-3H3,(H,20,21). The van der Waals surface area contributed by atoms with E-state index in [1.807, 2.05) is 85.8 Å². The molecule has 0 unspecified atom stereocenters. The van der Waals surface area contributed by atoms with Crippen molar-refractivity contribution in [1.82, 2.24) is 0 Å². The second-order valence-corrected chi connectivity index (χ2v) is 11.9. The highest BCUT2D eigenvalue weighted by Gasteiger charge is 2.25. The molecule has 2 aliphatic heterocycles. The molecule has 6 rings (SSSR count). The maximum atomic E-state index is 12.3. The molecule has 45 heavy (non-hydrogen) atoms. The zero-order chi connectivity index (χ0) is 32.2. The van der Waals surface area contributed by atoms with E-state index in [1.165, 1.54) is 0 Å². The van der Waals surface area contributed by atoms with Gasteiger partial charge in [0.05, 0.1) is 14.2 Å². The molecule has 4 aromatic rings. The molecule has 0 bridgehead atoms. The molecule has 0 fully saturated rings. The molecule has 6 nitrogen and oxygen atoms in total. The van der Waals surface area contributed by atoms with Crippen molar-refractivity contribution >= 4 is 46.5 Å². The normalized spacial score (nSPS) is 15.0. The van der Waals surface area contributed by atoms with Crippen LogP contribution in [0.5, 0.6) is 11.5 Å². The van der Waals surface area contributed by atoms with E-state index < -0.39 is 0 Å². The molecule has 230 valence electrons. The number of benzene rings is 4. The number of para-hydroxylation sites is 2. The van der Waals surface area contributed by atoms with Crippen LogP contribution in [0.25, 0.3) is 23.3 Å². The number of ether oxygens (including phenoxy) is 2. The number of hydrogen-bond acceptors (Lipinski definition) is 4. The van der Waals surface area contributed by atoms with E-state index in [2.05, 4.69) is 50.5 Å². The summed E-state index contributed by atoms with van der Waals surface area (Å²) < 4.78 is 10.9. The van der Waals surface area contributed by atoms with Crippen LogP contribution < -0.4 is 20.1 Å². The minimum Gasteiger partial charge on any atom is -0.496 e. The van der Waals surface area contributed by atoms with Crippen LogP contribution >= 0.6 is 0 Å². The fourth-order valence-electron chi connectivity index (χ4n) is 5.68. The fraction of sp³-hybridized carbons (Fsp3) is 0.231. The molecule has 0 saturated carbocycles. The molecular formula is C39H40N2O4. The van der Waals surface area contributed by atoms with Gasteiger partial charge in [0.25, 0.3) is 11.8 Å². The number of carbonyl (C=O) groups is 2. The average molecular weight is 601 g/mol. The lowest BCUT2D eigenvalue weighted by Gasteiger charge is -2.15. The molecule has 4 aromatic carbocycles. The molecule has 0 spiro atoms. The van der Waals surface area contributed by atoms with Crippen molar-refractivity contribution in [1.29, 1.82) is 0 Å². The number of anilines is 2. The Hall–Kier alpha value is -5.10. The fourth-order valence-corrected chi connectivity index (χ4v) is 5.68. The van der Waals surface area contributed by atoms with Crippen LogP contribution in [0.15, 0.2) is 78.9 Å². The summed E-state index contributed by atoms with van der Waals surface area (Å²) in [6, 6.07) is 25.7. The molecule has 0 aromatic heterocycles. The Kier molecular flexibility index (Phi) is 9.24. The molecule has 2 amide bonds. The van der Waals surface area contributed by atoms with Gasteiger partial charge in [-0.3, -0.25) is 9.59 Å². The van der Waals surface area contributed by atoms with Gasteiger partial charge in [-0.1, -0.05) is 70.2 Å². The van der Waals surface area contributed by atoms with Crippen LogP contribution in [0.3, 0.4) is 0 Å². The Morgan fingerprint density at radius 3 is 1.67 bits per heavy atom. The van der Waals surface area contributed by atoms with Crippen LogP contribution in [0, 0.1) is 6.92 Å². The highest BCUT2D eigenvalue weighted by atomic mass is 16.5. The number of methoxy groups -OCH3 is 2. The Balaban J connectivity index is 0.000000178. The van der Waals surface area contributed by atoms with Gasteiger partial charge in [0, 0.05) is 33.6 Å². The number of amides is 2. The largest absolute Gasteiger partial charge is 0.496 e. The quantitative estimate of drug-likeness (QED) is 0.217. The molecule has 0 atom stereocenters. The maximum Gasteiger partial charge on any atom is 0.256 e. The summed E-state index contributed by atoms with van der Waals surface area (Å²) in [5, 5.41) is 5.81. The Bertz CT molecular complexity index is 1830. The molecular weight excluding hydrogens is 560 g/mol. The highest BCUT2D eigenvalue weighted by Crippen LogP contribution is 2.36. The van der Waals surface area contributed by atoms with Crippen LogP contribution in [-0.4, -0.2) is 26.0 Å². The topological polar surface area (TPSA) is 76.7 Å². The number of nitrogens with one attached hydrogen (secondary N) is 2. The summed E-state index contributed by atoms with van der Waals surface area (Å²) in [6.45, 7) is 10.6. The van der Waals surface area contributed by atoms with Gasteiger partial charge in [0.1, 0.15) is 11.5 Å². The van der Waals surface area contributed by atoms with E-state index in [-0.39, 0.29) is 11.8 Å². The van der Waals surface area contributed by atoms with E-state index in [0.29, 0.717) is 23.0 Å². The van der Waals surface area contributed by atoms with Crippen LogP contribution in [0.1, 0.15) is 78.5 Å². The summed E-state index contributed by atoms with van der Waals surface area (Å²) in [7, 11) is 3.37. The Morgan fingerprint density at radius 1 is 0.622 bits per heavy atom. The molecule has 2 N–H and O–H groups in total. The molecule has 6 heteroatoms. The maximum absolute atomic E-state index is 12.3. The Labute approximate surface area is 265 Å². The third kappa shape index (κ3) is 6.55. The summed E-state index contributed by atoms with van der Waals surface area (Å²) in [6.07, 6.45) is 3.91. The molecule has 0 aliphatic carbocycles. The first-order valence-corrected chi connectivity index (χ1v) is 15.2. The van der Waals surface area contributed by atoms with Gasteiger partial charge in [0.2, 0.25) is 0 Å². The van der Waals surface area contributed by atoms with Crippen LogP contribution in [0.4, 0.5) is 11.4 Å². The lowest BCUT2D eigenvalue weighted by atomic mass is 9.94. The molecule has 2 heterocycles. The lowest BCUT2D eigenvalue weighted by Crippen LogP contribution is -2.04. The van der Waals surface area contributed by atoms with Crippen LogP contribution in [-0.2, 0) is 9.59 Å². The van der Waals surface area contributed by atoms with Gasteiger partial charge >= 0.3 is 0 Å². The Morgan fingerprint density at radius 2 is 1.13 bits per heavy atom. The predicted molar refractivity (Wildman–Crippen MR) is 185 cm³/mol. The minimum atomic E-state index is -0.0527. The van der Waals surface area contributed by atoms with Crippen molar-refractivity contribution in [2.45, 2.75) is 46.5 Å². The number of fused-ring (bicyclic) bond motifs is 2. The van der Waals surface area contributed by atoms with Crippen molar-refractivity contribution in [3.8, 4) is 11.5 Å². The molecule has 2 aliphatic rings. The van der Waals surface area contributed by atoms with E-state index in [0.717, 1.165) is 61.8 Å². The lowest BCUT2D eigenvalue weighted by molar-refractivity contribution is -0.111. The SMILES string of the molecule is COc1cc(C)c(C=C2C(=O)Nc3ccccc32)cc1C(C)C.COc1ccc(C=C2C(=O)Nc3ccccc32)cc1C(C)C. The summed E-state index contributed by atoms with van der Waals surface area (Å²) in [4.78, 5) is 24.5. The summed E-state index contributed by atoms with van der Waals surface area (Å²) >= 11 is 0. The van der Waals surface area contributed by atoms with E-state index in [1.54, 1.807) is 14.2 Å². The van der Waals surface area contributed by atoms with E-state index >= 15 is 0 Å². The van der Waals surface area contributed by atoms with Gasteiger partial charge in [0.15, 0.2) is 0 Å². The summed E-state index contributed by atoms with van der Waals surface area (Å²) in [5.74, 6) is 2.39. The van der Waals surface area contributed by atoms with Crippen molar-refractivity contribution in [3.63, 3.8) is 0 Å². The zero-order valence-electron chi connectivity index (χ0n) is 26.9. The molecule has 0 saturated heterocycles. The number of aryl methyl sites for hydroxylation is 1. The number of hydrogen-bond donors (Lipinski definition) is 2. The van der Waals surface area contributed by atoms with Crippen molar-refractivity contribution in [3.05, 3.63) is 118 Å². The van der Waals surface area contributed by atoms with Gasteiger partial charge < -0.3 is 20.1 Å².